The van der Waals surface area contributed by atoms with Gasteiger partial charge in [-0.15, -0.1) is 11.8 Å². The second-order valence-corrected chi connectivity index (χ2v) is 11.6. The van der Waals surface area contributed by atoms with Gasteiger partial charge in [0.15, 0.2) is 0 Å². The number of aromatic nitrogens is 2. The quantitative estimate of drug-likeness (QED) is 0.505. The van der Waals surface area contributed by atoms with Gasteiger partial charge in [-0.25, -0.2) is 9.07 Å². The molecule has 2 heterocycles. The predicted octanol–water partition coefficient (Wildman–Crippen LogP) is 4.77. The van der Waals surface area contributed by atoms with Gasteiger partial charge in [0, 0.05) is 17.0 Å². The normalized spacial score (nSPS) is 17.8. The maximum Gasteiger partial charge on any atom is 0.240 e. The Hall–Kier alpha value is -3.33. The molecule has 0 bridgehead atoms. The third-order valence-corrected chi connectivity index (χ3v) is 7.77. The molecule has 2 aliphatic rings. The van der Waals surface area contributed by atoms with Crippen LogP contribution in [0.5, 0.6) is 5.75 Å². The van der Waals surface area contributed by atoms with Crippen LogP contribution in [0.4, 0.5) is 10.2 Å². The topological polar surface area (TPSA) is 76.5 Å². The van der Waals surface area contributed by atoms with Crippen LogP contribution in [0.1, 0.15) is 55.7 Å². The van der Waals surface area contributed by atoms with Crippen molar-refractivity contribution in [1.29, 1.82) is 0 Å². The molecule has 3 aromatic rings. The number of nitrogens with zero attached hydrogens (tertiary/aromatic N) is 3. The molecule has 1 aliphatic carbocycles. The monoisotopic (exact) mass is 522 g/mol. The minimum Gasteiger partial charge on any atom is -0.497 e. The third kappa shape index (κ3) is 5.23. The largest absolute Gasteiger partial charge is 0.497 e. The number of thioether (sulfide) groups is 1. The summed E-state index contributed by atoms with van der Waals surface area (Å²) < 4.78 is 21.4. The summed E-state index contributed by atoms with van der Waals surface area (Å²) in [6, 6.07) is 14.1. The van der Waals surface area contributed by atoms with Gasteiger partial charge in [0.25, 0.3) is 0 Å². The van der Waals surface area contributed by atoms with Gasteiger partial charge in [0.05, 0.1) is 29.5 Å². The fourth-order valence-electron chi connectivity index (χ4n) is 4.55. The van der Waals surface area contributed by atoms with E-state index in [0.29, 0.717) is 11.6 Å². The summed E-state index contributed by atoms with van der Waals surface area (Å²) in [6.07, 6.45) is 1.92. The molecule has 9 heteroatoms. The minimum atomic E-state index is -0.386. The number of nitrogens with one attached hydrogen (secondary N) is 1. The number of methoxy groups -OCH3 is 1. The Kier molecular flexibility index (Phi) is 6.74. The van der Waals surface area contributed by atoms with Gasteiger partial charge in [0.2, 0.25) is 11.8 Å². The molecule has 0 spiro atoms. The van der Waals surface area contributed by atoms with Crippen molar-refractivity contribution in [2.75, 3.05) is 24.3 Å². The van der Waals surface area contributed by atoms with Gasteiger partial charge in [0.1, 0.15) is 23.9 Å². The Bertz CT molecular complexity index is 1330. The summed E-state index contributed by atoms with van der Waals surface area (Å²) in [5.41, 5.74) is 2.72. The number of rotatable bonds is 6. The van der Waals surface area contributed by atoms with Crippen LogP contribution in [0.15, 0.2) is 48.5 Å². The van der Waals surface area contributed by atoms with Crippen LogP contribution >= 0.6 is 11.8 Å². The first kappa shape index (κ1) is 25.3. The lowest BCUT2D eigenvalue weighted by atomic mass is 9.87. The first-order chi connectivity index (χ1) is 17.7. The van der Waals surface area contributed by atoms with E-state index in [0.717, 1.165) is 35.3 Å². The summed E-state index contributed by atoms with van der Waals surface area (Å²) in [5, 5.41) is 7.70. The van der Waals surface area contributed by atoms with Gasteiger partial charge in [-0.05, 0) is 54.8 Å². The van der Waals surface area contributed by atoms with Crippen molar-refractivity contribution in [3.63, 3.8) is 0 Å². The summed E-state index contributed by atoms with van der Waals surface area (Å²) in [4.78, 5) is 28.1. The highest BCUT2D eigenvalue weighted by atomic mass is 32.2. The average Bonchev–Trinajstić information content (AvgIpc) is 3.60. The molecular weight excluding hydrogens is 491 g/mol. The van der Waals surface area contributed by atoms with Crippen LogP contribution in [-0.4, -0.2) is 47.0 Å². The Morgan fingerprint density at radius 2 is 1.92 bits per heavy atom. The Labute approximate surface area is 220 Å². The lowest BCUT2D eigenvalue weighted by Crippen LogP contribution is -2.43. The molecule has 1 N–H and O–H groups in total. The van der Waals surface area contributed by atoms with Crippen molar-refractivity contribution in [2.45, 2.75) is 50.3 Å². The van der Waals surface area contributed by atoms with Gasteiger partial charge in [-0.3, -0.25) is 14.5 Å². The van der Waals surface area contributed by atoms with Crippen molar-refractivity contribution >= 4 is 29.4 Å². The van der Waals surface area contributed by atoms with Gasteiger partial charge in [-0.1, -0.05) is 32.9 Å². The molecule has 2 aromatic carbocycles. The number of amides is 2. The van der Waals surface area contributed by atoms with Crippen LogP contribution < -0.4 is 15.0 Å². The number of halogens is 1. The van der Waals surface area contributed by atoms with Gasteiger partial charge in [-0.2, -0.15) is 5.10 Å². The highest BCUT2D eigenvalue weighted by Crippen LogP contribution is 2.48. The lowest BCUT2D eigenvalue weighted by Gasteiger charge is -2.24. The van der Waals surface area contributed by atoms with E-state index in [4.69, 9.17) is 9.84 Å². The Balaban J connectivity index is 1.73. The second-order valence-electron chi connectivity index (χ2n) is 10.5. The number of hydrogen-bond donors (Lipinski definition) is 1. The van der Waals surface area contributed by atoms with E-state index >= 15 is 0 Å². The highest BCUT2D eigenvalue weighted by Gasteiger charge is 2.40. The molecule has 1 aromatic heterocycles. The Morgan fingerprint density at radius 3 is 2.54 bits per heavy atom. The molecule has 2 amide bonds. The maximum absolute atomic E-state index is 14.4. The molecule has 7 nitrogen and oxygen atoms in total. The second kappa shape index (κ2) is 9.85. The molecule has 0 radical (unpaired) electrons. The molecule has 5 rings (SSSR count). The minimum absolute atomic E-state index is 0.107. The summed E-state index contributed by atoms with van der Waals surface area (Å²) in [6.45, 7) is 6.10. The molecule has 1 fully saturated rings. The van der Waals surface area contributed by atoms with Gasteiger partial charge < -0.3 is 10.1 Å². The number of carbonyl (C=O) groups is 2. The summed E-state index contributed by atoms with van der Waals surface area (Å²) in [7, 11) is 1.60. The van der Waals surface area contributed by atoms with Crippen molar-refractivity contribution in [3.05, 3.63) is 71.2 Å². The fraction of sp³-hybridized carbons (Fsp3) is 0.393. The first-order valence-corrected chi connectivity index (χ1v) is 13.4. The zero-order valence-electron chi connectivity index (χ0n) is 21.5. The molecule has 1 saturated carbocycles. The molecule has 194 valence electrons. The number of fused-ring (bicyclic) bond motifs is 1. The van der Waals surface area contributed by atoms with E-state index in [-0.39, 0.29) is 46.6 Å². The van der Waals surface area contributed by atoms with Gasteiger partial charge >= 0.3 is 0 Å². The summed E-state index contributed by atoms with van der Waals surface area (Å²) in [5.74, 6) is 0.671. The highest BCUT2D eigenvalue weighted by molar-refractivity contribution is 8.00. The molecule has 37 heavy (non-hydrogen) atoms. The number of benzene rings is 2. The smallest absolute Gasteiger partial charge is 0.240 e. The third-order valence-electron chi connectivity index (χ3n) is 6.51. The van der Waals surface area contributed by atoms with Crippen molar-refractivity contribution in [2.24, 2.45) is 0 Å². The SMILES string of the molecule is COc1ccc(-n2nc(C(C)(C)C)c3c2N(CC(=O)NC2CC2)C(=O)CS[C@@H]3c2cccc(F)c2)cc1. The number of carbonyl (C=O) groups excluding carboxylic acids is 2. The predicted molar refractivity (Wildman–Crippen MR) is 143 cm³/mol. The number of ether oxygens (including phenoxy) is 1. The molecular formula is C28H31FN4O3S. The van der Waals surface area contributed by atoms with E-state index in [2.05, 4.69) is 26.1 Å². The molecule has 1 atom stereocenters. The van der Waals surface area contributed by atoms with Crippen molar-refractivity contribution in [3.8, 4) is 11.4 Å². The zero-order chi connectivity index (χ0) is 26.3. The van der Waals surface area contributed by atoms with Crippen LogP contribution in [0.2, 0.25) is 0 Å². The lowest BCUT2D eigenvalue weighted by molar-refractivity contribution is -0.123. The van der Waals surface area contributed by atoms with E-state index in [1.165, 1.54) is 23.9 Å². The van der Waals surface area contributed by atoms with E-state index in [1.807, 2.05) is 30.3 Å². The summed E-state index contributed by atoms with van der Waals surface area (Å²) >= 11 is 1.44. The van der Waals surface area contributed by atoms with Crippen LogP contribution in [0.3, 0.4) is 0 Å². The number of hydrogen-bond acceptors (Lipinski definition) is 5. The maximum atomic E-state index is 14.4. The molecule has 0 unspecified atom stereocenters. The molecule has 0 saturated heterocycles. The number of anilines is 1. The fourth-order valence-corrected chi connectivity index (χ4v) is 5.74. The average molecular weight is 523 g/mol. The van der Waals surface area contributed by atoms with E-state index in [9.17, 15) is 14.0 Å². The standard InChI is InChI=1S/C28H31FN4O3S/c1-28(2,3)26-24-25(17-6-5-7-18(29)14-17)37-16-23(35)32(15-22(34)30-19-8-9-19)27(24)33(31-26)20-10-12-21(36-4)13-11-20/h5-7,10-14,19,25H,8-9,15-16H2,1-4H3,(H,30,34)/t25-/m1/s1. The van der Waals surface area contributed by atoms with Crippen LogP contribution in [0.25, 0.3) is 5.69 Å². The van der Waals surface area contributed by atoms with Crippen LogP contribution in [0, 0.1) is 5.82 Å². The zero-order valence-corrected chi connectivity index (χ0v) is 22.3. The van der Waals surface area contributed by atoms with Crippen LogP contribution in [-0.2, 0) is 15.0 Å². The Morgan fingerprint density at radius 1 is 1.19 bits per heavy atom. The van der Waals surface area contributed by atoms with E-state index < -0.39 is 0 Å². The van der Waals surface area contributed by atoms with E-state index in [1.54, 1.807) is 22.8 Å². The van der Waals surface area contributed by atoms with Crippen molar-refractivity contribution < 1.29 is 18.7 Å². The first-order valence-electron chi connectivity index (χ1n) is 12.4. The molecule has 1 aliphatic heterocycles. The van der Waals surface area contributed by atoms with Crippen molar-refractivity contribution in [1.82, 2.24) is 15.1 Å².